The summed E-state index contributed by atoms with van der Waals surface area (Å²) >= 11 is 0. The molecule has 0 aromatic carbocycles. The fourth-order valence-electron chi connectivity index (χ4n) is 2.75. The lowest BCUT2D eigenvalue weighted by Gasteiger charge is -2.16. The molecule has 25 heavy (non-hydrogen) atoms. The Morgan fingerprint density at radius 2 is 0.960 bits per heavy atom. The molecule has 0 heterocycles. The van der Waals surface area contributed by atoms with E-state index >= 15 is 0 Å². The van der Waals surface area contributed by atoms with Crippen molar-refractivity contribution in [2.45, 2.75) is 131 Å². The average molecular weight is 358 g/mol. The molecule has 0 N–H and O–H groups in total. The van der Waals surface area contributed by atoms with Gasteiger partial charge < -0.3 is 4.90 Å². The normalized spacial score (nSPS) is 15.7. The predicted molar refractivity (Wildman–Crippen MR) is 121 cm³/mol. The van der Waals surface area contributed by atoms with E-state index in [-0.39, 0.29) is 0 Å². The van der Waals surface area contributed by atoms with E-state index in [1.807, 2.05) is 0 Å². The van der Waals surface area contributed by atoms with Gasteiger partial charge in [-0.2, -0.15) is 0 Å². The van der Waals surface area contributed by atoms with Crippen molar-refractivity contribution in [3.63, 3.8) is 0 Å². The molecule has 1 nitrogen and oxygen atoms in total. The van der Waals surface area contributed by atoms with Gasteiger partial charge in [0.2, 0.25) is 0 Å². The van der Waals surface area contributed by atoms with E-state index < -0.39 is 0 Å². The molecule has 1 heteroatoms. The second kappa shape index (κ2) is 28.8. The Balaban J connectivity index is -0.000000312. The van der Waals surface area contributed by atoms with E-state index in [2.05, 4.69) is 60.5 Å². The zero-order valence-corrected chi connectivity index (χ0v) is 19.6. The van der Waals surface area contributed by atoms with E-state index in [1.54, 1.807) is 0 Å². The third kappa shape index (κ3) is 35.8. The van der Waals surface area contributed by atoms with Crippen molar-refractivity contribution in [1.29, 1.82) is 0 Å². The number of rotatable bonds is 4. The number of nitrogens with zero attached hydrogens (tertiary/aromatic N) is 1. The fourth-order valence-corrected chi connectivity index (χ4v) is 2.75. The summed E-state index contributed by atoms with van der Waals surface area (Å²) in [6, 6.07) is 0. The van der Waals surface area contributed by atoms with E-state index in [0.29, 0.717) is 0 Å². The summed E-state index contributed by atoms with van der Waals surface area (Å²) in [7, 11) is 4.17. The first kappa shape index (κ1) is 29.7. The molecule has 0 unspecified atom stereocenters. The molecule has 1 fully saturated rings. The lowest BCUT2D eigenvalue weighted by molar-refractivity contribution is 0.380. The highest BCUT2D eigenvalue weighted by Gasteiger charge is 2.06. The number of unbranched alkanes of at least 4 members (excludes halogenated alkanes) is 1. The van der Waals surface area contributed by atoms with Gasteiger partial charge in [-0.1, -0.05) is 125 Å². The smallest absolute Gasteiger partial charge is 0.00275 e. The highest BCUT2D eigenvalue weighted by molar-refractivity contribution is 4.60. The van der Waals surface area contributed by atoms with Crippen LogP contribution in [0.4, 0.5) is 0 Å². The molecular weight excluding hydrogens is 302 g/mol. The quantitative estimate of drug-likeness (QED) is 0.486. The largest absolute Gasteiger partial charge is 0.309 e. The molecule has 1 aliphatic carbocycles. The van der Waals surface area contributed by atoms with Crippen molar-refractivity contribution in [2.24, 2.45) is 5.92 Å². The highest BCUT2D eigenvalue weighted by atomic mass is 15.0. The molecule has 1 saturated carbocycles. The highest BCUT2D eigenvalue weighted by Crippen LogP contribution is 2.23. The average Bonchev–Trinajstić information content (AvgIpc) is 2.61. The van der Waals surface area contributed by atoms with Gasteiger partial charge in [0.15, 0.2) is 0 Å². The van der Waals surface area contributed by atoms with Gasteiger partial charge in [0, 0.05) is 0 Å². The zero-order valence-electron chi connectivity index (χ0n) is 19.6. The van der Waals surface area contributed by atoms with Crippen molar-refractivity contribution in [3.8, 4) is 0 Å². The minimum absolute atomic E-state index is 1.06. The van der Waals surface area contributed by atoms with Gasteiger partial charge in [-0.25, -0.2) is 0 Å². The van der Waals surface area contributed by atoms with Crippen LogP contribution in [0.25, 0.3) is 0 Å². The van der Waals surface area contributed by atoms with Gasteiger partial charge in [0.25, 0.3) is 0 Å². The Kier molecular flexibility index (Phi) is 34.2. The molecular formula is C24H55N. The van der Waals surface area contributed by atoms with E-state index in [9.17, 15) is 0 Å². The molecule has 0 atom stereocenters. The van der Waals surface area contributed by atoms with Gasteiger partial charge in [0.1, 0.15) is 0 Å². The standard InChI is InChI=1S/C12H24.C5H13N.C4H10.C3H8/c1-2-12-10-8-6-4-3-5-7-9-11-12;1-4-5-6(2)3;1-3-4-2;1-3-2/h12H,2-11H2,1H3;4-5H2,1-3H3;3-4H2,1-2H3;3H2,1-2H3. The van der Waals surface area contributed by atoms with Crippen LogP contribution >= 0.6 is 0 Å². The van der Waals surface area contributed by atoms with Crippen molar-refractivity contribution >= 4 is 0 Å². The number of hydrogen-bond acceptors (Lipinski definition) is 1. The van der Waals surface area contributed by atoms with Crippen LogP contribution in [0.3, 0.4) is 0 Å². The summed E-state index contributed by atoms with van der Waals surface area (Å²) in [5.74, 6) is 1.06. The Morgan fingerprint density at radius 3 is 1.16 bits per heavy atom. The Hall–Kier alpha value is -0.0400. The van der Waals surface area contributed by atoms with Crippen molar-refractivity contribution in [2.75, 3.05) is 20.6 Å². The Bertz CT molecular complexity index is 177. The maximum atomic E-state index is 2.36. The van der Waals surface area contributed by atoms with E-state index in [1.165, 1.54) is 96.4 Å². The van der Waals surface area contributed by atoms with Gasteiger partial charge in [-0.05, 0) is 33.0 Å². The van der Waals surface area contributed by atoms with Crippen LogP contribution in [0.15, 0.2) is 0 Å². The zero-order chi connectivity index (χ0) is 19.8. The number of hydrogen-bond donors (Lipinski definition) is 0. The molecule has 0 bridgehead atoms. The SMILES string of the molecule is CCC.CCC1CCCCCCCCC1.CCCC.CCCN(C)C. The summed E-state index contributed by atoms with van der Waals surface area (Å²) in [5, 5.41) is 0. The summed E-state index contributed by atoms with van der Waals surface area (Å²) < 4.78 is 0. The summed E-state index contributed by atoms with van der Waals surface area (Å²) in [6.45, 7) is 14.4. The monoisotopic (exact) mass is 357 g/mol. The van der Waals surface area contributed by atoms with Crippen molar-refractivity contribution in [3.05, 3.63) is 0 Å². The Morgan fingerprint density at radius 1 is 0.600 bits per heavy atom. The molecule has 0 amide bonds. The lowest BCUT2D eigenvalue weighted by atomic mass is 9.91. The van der Waals surface area contributed by atoms with Crippen LogP contribution in [0.1, 0.15) is 131 Å². The maximum Gasteiger partial charge on any atom is -0.00275 e. The third-order valence-electron chi connectivity index (χ3n) is 4.47. The molecule has 0 aliphatic heterocycles. The first-order valence-electron chi connectivity index (χ1n) is 11.7. The second-order valence-electron chi connectivity index (χ2n) is 7.84. The minimum atomic E-state index is 1.06. The first-order chi connectivity index (χ1) is 12.0. The third-order valence-corrected chi connectivity index (χ3v) is 4.47. The second-order valence-corrected chi connectivity index (χ2v) is 7.84. The molecule has 0 saturated heterocycles. The predicted octanol–water partition coefficient (Wildman–Crippen LogP) is 8.72. The lowest BCUT2D eigenvalue weighted by Crippen LogP contribution is -2.11. The van der Waals surface area contributed by atoms with Crippen LogP contribution < -0.4 is 0 Å². The summed E-state index contributed by atoms with van der Waals surface area (Å²) in [5.41, 5.74) is 0. The van der Waals surface area contributed by atoms with Crippen LogP contribution in [-0.4, -0.2) is 25.5 Å². The molecule has 1 rings (SSSR count). The Labute approximate surface area is 163 Å². The molecule has 1 aliphatic rings. The van der Waals surface area contributed by atoms with Crippen molar-refractivity contribution in [1.82, 2.24) is 4.90 Å². The fraction of sp³-hybridized carbons (Fsp3) is 1.00. The first-order valence-corrected chi connectivity index (χ1v) is 11.7. The minimum Gasteiger partial charge on any atom is -0.309 e. The van der Waals surface area contributed by atoms with Gasteiger partial charge in [-0.15, -0.1) is 0 Å². The van der Waals surface area contributed by atoms with Crippen LogP contribution in [0, 0.1) is 5.92 Å². The van der Waals surface area contributed by atoms with Crippen LogP contribution in [-0.2, 0) is 0 Å². The summed E-state index contributed by atoms with van der Waals surface area (Å²) in [6.07, 6.45) is 20.1. The van der Waals surface area contributed by atoms with Gasteiger partial charge in [-0.3, -0.25) is 0 Å². The molecule has 0 aromatic rings. The molecule has 0 spiro atoms. The summed E-state index contributed by atoms with van der Waals surface area (Å²) in [4.78, 5) is 2.18. The van der Waals surface area contributed by atoms with Crippen LogP contribution in [0.2, 0.25) is 0 Å². The molecule has 0 aromatic heterocycles. The van der Waals surface area contributed by atoms with Gasteiger partial charge in [0.05, 0.1) is 0 Å². The van der Waals surface area contributed by atoms with E-state index in [0.717, 1.165) is 5.92 Å². The topological polar surface area (TPSA) is 3.24 Å². The van der Waals surface area contributed by atoms with E-state index in [4.69, 9.17) is 0 Å². The molecule has 156 valence electrons. The van der Waals surface area contributed by atoms with Crippen molar-refractivity contribution < 1.29 is 0 Å². The van der Waals surface area contributed by atoms with Gasteiger partial charge >= 0.3 is 0 Å². The molecule has 0 radical (unpaired) electrons. The van der Waals surface area contributed by atoms with Crippen LogP contribution in [0.5, 0.6) is 0 Å². The maximum absolute atomic E-state index is 2.36.